The predicted molar refractivity (Wildman–Crippen MR) is 54.2 cm³/mol. The number of alkyl halides is 2. The first-order valence-electron chi connectivity index (χ1n) is 4.49. The van der Waals surface area contributed by atoms with E-state index in [0.717, 1.165) is 12.1 Å². The van der Waals surface area contributed by atoms with Crippen LogP contribution in [0, 0.1) is 10.1 Å². The minimum Gasteiger partial charge on any atom is -0.493 e. The fraction of sp³-hybridized carbons (Fsp3) is 0.333. The molecular weight excluding hydrogens is 238 g/mol. The van der Waals surface area contributed by atoms with Gasteiger partial charge in [-0.15, -0.1) is 0 Å². The predicted octanol–water partition coefficient (Wildman–Crippen LogP) is 1.66. The SMILES string of the molecule is COc1cc([N+](=O)[O-])cc(CN)c1OC(F)F. The van der Waals surface area contributed by atoms with Gasteiger partial charge in [0.05, 0.1) is 18.1 Å². The molecule has 0 bridgehead atoms. The van der Waals surface area contributed by atoms with Gasteiger partial charge >= 0.3 is 6.61 Å². The molecule has 0 unspecified atom stereocenters. The number of nitro groups is 1. The van der Waals surface area contributed by atoms with E-state index in [0.29, 0.717) is 0 Å². The van der Waals surface area contributed by atoms with Gasteiger partial charge in [0.1, 0.15) is 0 Å². The summed E-state index contributed by atoms with van der Waals surface area (Å²) in [6, 6.07) is 2.07. The van der Waals surface area contributed by atoms with Gasteiger partial charge in [-0.1, -0.05) is 0 Å². The molecule has 94 valence electrons. The molecule has 8 heteroatoms. The summed E-state index contributed by atoms with van der Waals surface area (Å²) in [5.74, 6) is -0.435. The van der Waals surface area contributed by atoms with Crippen molar-refractivity contribution in [2.24, 2.45) is 5.73 Å². The van der Waals surface area contributed by atoms with Crippen LogP contribution in [0.1, 0.15) is 5.56 Å². The van der Waals surface area contributed by atoms with Gasteiger partial charge < -0.3 is 15.2 Å². The number of rotatable bonds is 5. The van der Waals surface area contributed by atoms with E-state index >= 15 is 0 Å². The highest BCUT2D eigenvalue weighted by molar-refractivity contribution is 5.54. The van der Waals surface area contributed by atoms with Crippen molar-refractivity contribution in [3.8, 4) is 11.5 Å². The van der Waals surface area contributed by atoms with Crippen molar-refractivity contribution in [1.29, 1.82) is 0 Å². The second kappa shape index (κ2) is 5.39. The van der Waals surface area contributed by atoms with Gasteiger partial charge in [-0.05, 0) is 0 Å². The summed E-state index contributed by atoms with van der Waals surface area (Å²) in [6.07, 6.45) is 0. The van der Waals surface area contributed by atoms with Crippen molar-refractivity contribution in [3.05, 3.63) is 27.8 Å². The van der Waals surface area contributed by atoms with Crippen LogP contribution in [-0.2, 0) is 6.54 Å². The van der Waals surface area contributed by atoms with Gasteiger partial charge in [0.25, 0.3) is 5.69 Å². The summed E-state index contributed by atoms with van der Waals surface area (Å²) < 4.78 is 33.3. The molecule has 0 aliphatic heterocycles. The zero-order valence-corrected chi connectivity index (χ0v) is 8.85. The molecule has 0 aliphatic carbocycles. The number of non-ortho nitro benzene ring substituents is 1. The topological polar surface area (TPSA) is 87.6 Å². The lowest BCUT2D eigenvalue weighted by atomic mass is 10.1. The van der Waals surface area contributed by atoms with Crippen molar-refractivity contribution in [3.63, 3.8) is 0 Å². The maximum Gasteiger partial charge on any atom is 0.387 e. The zero-order valence-electron chi connectivity index (χ0n) is 8.85. The average molecular weight is 248 g/mol. The number of nitrogens with two attached hydrogens (primary N) is 1. The first-order valence-corrected chi connectivity index (χ1v) is 4.49. The van der Waals surface area contributed by atoms with Crippen LogP contribution in [0.2, 0.25) is 0 Å². The third-order valence-corrected chi connectivity index (χ3v) is 1.97. The quantitative estimate of drug-likeness (QED) is 0.632. The van der Waals surface area contributed by atoms with Gasteiger partial charge in [0.15, 0.2) is 11.5 Å². The van der Waals surface area contributed by atoms with Crippen LogP contribution < -0.4 is 15.2 Å². The van der Waals surface area contributed by atoms with Crippen molar-refractivity contribution < 1.29 is 23.2 Å². The number of nitrogens with zero attached hydrogens (tertiary/aromatic N) is 1. The van der Waals surface area contributed by atoms with Crippen LogP contribution in [0.3, 0.4) is 0 Å². The summed E-state index contributed by atoms with van der Waals surface area (Å²) in [6.45, 7) is -3.24. The standard InChI is InChI=1S/C9H10F2N2O4/c1-16-7-3-6(13(14)15)2-5(4-12)8(7)17-9(10)11/h2-3,9H,4,12H2,1H3. The van der Waals surface area contributed by atoms with E-state index in [4.69, 9.17) is 10.5 Å². The molecule has 0 saturated carbocycles. The minimum absolute atomic E-state index is 0.0800. The van der Waals surface area contributed by atoms with Crippen LogP contribution in [-0.4, -0.2) is 18.6 Å². The van der Waals surface area contributed by atoms with E-state index in [1.807, 2.05) is 0 Å². The molecule has 0 aromatic heterocycles. The highest BCUT2D eigenvalue weighted by Crippen LogP contribution is 2.36. The normalized spacial score (nSPS) is 10.4. The molecular formula is C9H10F2N2O4. The Bertz CT molecular complexity index is 400. The second-order valence-corrected chi connectivity index (χ2v) is 2.98. The van der Waals surface area contributed by atoms with E-state index in [9.17, 15) is 18.9 Å². The lowest BCUT2D eigenvalue weighted by molar-refractivity contribution is -0.385. The lowest BCUT2D eigenvalue weighted by Gasteiger charge is -2.13. The van der Waals surface area contributed by atoms with Crippen LogP contribution in [0.25, 0.3) is 0 Å². The summed E-state index contributed by atoms with van der Waals surface area (Å²) in [5.41, 5.74) is 5.09. The summed E-state index contributed by atoms with van der Waals surface area (Å²) >= 11 is 0. The van der Waals surface area contributed by atoms with Crippen molar-refractivity contribution in [2.45, 2.75) is 13.2 Å². The molecule has 0 amide bonds. The first kappa shape index (κ1) is 13.1. The number of methoxy groups -OCH3 is 1. The van der Waals surface area contributed by atoms with Crippen molar-refractivity contribution in [2.75, 3.05) is 7.11 Å². The van der Waals surface area contributed by atoms with Crippen molar-refractivity contribution >= 4 is 5.69 Å². The fourth-order valence-corrected chi connectivity index (χ4v) is 1.28. The molecule has 1 aromatic carbocycles. The number of halogens is 2. The number of nitro benzene ring substituents is 1. The molecule has 1 rings (SSSR count). The average Bonchev–Trinajstić information content (AvgIpc) is 2.28. The monoisotopic (exact) mass is 248 g/mol. The Morgan fingerprint density at radius 3 is 2.59 bits per heavy atom. The highest BCUT2D eigenvalue weighted by atomic mass is 19.3. The van der Waals surface area contributed by atoms with E-state index in [1.165, 1.54) is 7.11 Å². The Morgan fingerprint density at radius 1 is 1.53 bits per heavy atom. The Balaban J connectivity index is 3.30. The molecule has 0 fully saturated rings. The Labute approximate surface area is 95.1 Å². The molecule has 0 spiro atoms. The molecule has 6 nitrogen and oxygen atoms in total. The smallest absolute Gasteiger partial charge is 0.387 e. The van der Waals surface area contributed by atoms with E-state index in [1.54, 1.807) is 0 Å². The first-order chi connectivity index (χ1) is 7.99. The Hall–Kier alpha value is -1.96. The summed E-state index contributed by atoms with van der Waals surface area (Å²) in [5, 5.41) is 10.6. The van der Waals surface area contributed by atoms with Crippen LogP contribution in [0.4, 0.5) is 14.5 Å². The van der Waals surface area contributed by atoms with Crippen LogP contribution in [0.15, 0.2) is 12.1 Å². The largest absolute Gasteiger partial charge is 0.493 e. The molecule has 0 saturated heterocycles. The fourth-order valence-electron chi connectivity index (χ4n) is 1.28. The number of ether oxygens (including phenoxy) is 2. The van der Waals surface area contributed by atoms with Crippen molar-refractivity contribution in [1.82, 2.24) is 0 Å². The second-order valence-electron chi connectivity index (χ2n) is 2.98. The van der Waals surface area contributed by atoms with Crippen LogP contribution >= 0.6 is 0 Å². The Kier molecular flexibility index (Phi) is 4.16. The molecule has 0 radical (unpaired) electrons. The molecule has 0 heterocycles. The van der Waals surface area contributed by atoms with E-state index in [-0.39, 0.29) is 29.3 Å². The lowest BCUT2D eigenvalue weighted by Crippen LogP contribution is -2.09. The van der Waals surface area contributed by atoms with Gasteiger partial charge in [-0.3, -0.25) is 10.1 Å². The van der Waals surface area contributed by atoms with E-state index in [2.05, 4.69) is 4.74 Å². The number of hydrogen-bond acceptors (Lipinski definition) is 5. The maximum absolute atomic E-state index is 12.2. The third kappa shape index (κ3) is 3.00. The highest BCUT2D eigenvalue weighted by Gasteiger charge is 2.20. The molecule has 0 aliphatic rings. The van der Waals surface area contributed by atoms with Gasteiger partial charge in [0, 0.05) is 18.2 Å². The third-order valence-electron chi connectivity index (χ3n) is 1.97. The molecule has 17 heavy (non-hydrogen) atoms. The van der Waals surface area contributed by atoms with Crippen LogP contribution in [0.5, 0.6) is 11.5 Å². The molecule has 2 N–H and O–H groups in total. The van der Waals surface area contributed by atoms with E-state index < -0.39 is 11.5 Å². The zero-order chi connectivity index (χ0) is 13.0. The summed E-state index contributed by atoms with van der Waals surface area (Å²) in [4.78, 5) is 9.92. The van der Waals surface area contributed by atoms with Gasteiger partial charge in [-0.25, -0.2) is 0 Å². The number of hydrogen-bond donors (Lipinski definition) is 1. The maximum atomic E-state index is 12.2. The summed E-state index contributed by atoms with van der Waals surface area (Å²) in [7, 11) is 1.19. The van der Waals surface area contributed by atoms with Gasteiger partial charge in [0.2, 0.25) is 0 Å². The van der Waals surface area contributed by atoms with Gasteiger partial charge in [-0.2, -0.15) is 8.78 Å². The molecule has 0 atom stereocenters. The number of benzene rings is 1. The molecule has 1 aromatic rings. The minimum atomic E-state index is -3.06. The Morgan fingerprint density at radius 2 is 2.18 bits per heavy atom.